The molecule has 0 saturated heterocycles. The first-order chi connectivity index (χ1) is 12.2. The third kappa shape index (κ3) is 7.30. The number of rotatable bonds is 7. The van der Waals surface area contributed by atoms with E-state index in [0.717, 1.165) is 29.5 Å². The van der Waals surface area contributed by atoms with Gasteiger partial charge >= 0.3 is 0 Å². The Kier molecular flexibility index (Phi) is 7.85. The van der Waals surface area contributed by atoms with Crippen molar-refractivity contribution in [1.82, 2.24) is 10.6 Å². The smallest absolute Gasteiger partial charge is 0.221 e. The molecule has 25 heavy (non-hydrogen) atoms. The summed E-state index contributed by atoms with van der Waals surface area (Å²) in [5.41, 5.74) is 1.88. The summed E-state index contributed by atoms with van der Waals surface area (Å²) in [6, 6.07) is 18.1. The lowest BCUT2D eigenvalue weighted by Gasteiger charge is -2.12. The van der Waals surface area contributed by atoms with E-state index in [1.54, 1.807) is 7.05 Å². The van der Waals surface area contributed by atoms with Gasteiger partial charge in [-0.3, -0.25) is 9.79 Å². The Morgan fingerprint density at radius 1 is 1.08 bits per heavy atom. The van der Waals surface area contributed by atoms with Crippen LogP contribution in [0.2, 0.25) is 0 Å². The molecule has 0 aromatic heterocycles. The molecule has 0 saturated carbocycles. The van der Waals surface area contributed by atoms with E-state index in [-0.39, 0.29) is 5.91 Å². The van der Waals surface area contributed by atoms with E-state index in [1.807, 2.05) is 54.2 Å². The molecule has 0 bridgehead atoms. The minimum atomic E-state index is -0.0708. The van der Waals surface area contributed by atoms with Gasteiger partial charge < -0.3 is 16.0 Å². The second-order valence-electron chi connectivity index (χ2n) is 5.40. The highest BCUT2D eigenvalue weighted by Gasteiger charge is 2.01. The number of nitrogens with zero attached hydrogens (tertiary/aromatic N) is 1. The lowest BCUT2D eigenvalue weighted by atomic mass is 10.2. The van der Waals surface area contributed by atoms with Gasteiger partial charge in [0.25, 0.3) is 0 Å². The van der Waals surface area contributed by atoms with Crippen molar-refractivity contribution in [2.24, 2.45) is 4.99 Å². The van der Waals surface area contributed by atoms with Crippen LogP contribution in [-0.2, 0) is 11.3 Å². The summed E-state index contributed by atoms with van der Waals surface area (Å²) in [5.74, 6) is 1.65. The van der Waals surface area contributed by atoms with Gasteiger partial charge in [0.1, 0.15) is 0 Å². The predicted molar refractivity (Wildman–Crippen MR) is 106 cm³/mol. The summed E-state index contributed by atoms with van der Waals surface area (Å²) in [7, 11) is 1.76. The van der Waals surface area contributed by atoms with Gasteiger partial charge in [-0.2, -0.15) is 0 Å². The van der Waals surface area contributed by atoms with Crippen molar-refractivity contribution < 1.29 is 4.79 Å². The van der Waals surface area contributed by atoms with Gasteiger partial charge in [0.05, 0.1) is 0 Å². The first kappa shape index (κ1) is 18.9. The van der Waals surface area contributed by atoms with Gasteiger partial charge in [0.2, 0.25) is 5.91 Å². The summed E-state index contributed by atoms with van der Waals surface area (Å²) in [5, 5.41) is 9.38. The number of aliphatic imine (C=N–C) groups is 1. The maximum absolute atomic E-state index is 11.1. The number of hydrogen-bond acceptors (Lipinski definition) is 3. The maximum atomic E-state index is 11.1. The average Bonchev–Trinajstić information content (AvgIpc) is 2.62. The van der Waals surface area contributed by atoms with E-state index in [1.165, 1.54) is 11.8 Å². The molecule has 5 nitrogen and oxygen atoms in total. The van der Waals surface area contributed by atoms with E-state index in [2.05, 4.69) is 33.1 Å². The molecule has 0 fully saturated rings. The minimum absolute atomic E-state index is 0.0708. The van der Waals surface area contributed by atoms with Crippen molar-refractivity contribution in [1.29, 1.82) is 0 Å². The molecule has 0 spiro atoms. The van der Waals surface area contributed by atoms with Crippen LogP contribution in [0.3, 0.4) is 0 Å². The zero-order valence-corrected chi connectivity index (χ0v) is 15.4. The topological polar surface area (TPSA) is 65.5 Å². The molecule has 3 N–H and O–H groups in total. The number of amides is 1. The molecule has 0 aliphatic heterocycles. The Hall–Kier alpha value is -2.47. The number of benzene rings is 2. The van der Waals surface area contributed by atoms with Crippen LogP contribution in [0.4, 0.5) is 5.69 Å². The number of nitrogens with one attached hydrogen (secondary N) is 3. The van der Waals surface area contributed by atoms with Crippen LogP contribution >= 0.6 is 11.8 Å². The predicted octanol–water partition coefficient (Wildman–Crippen LogP) is 3.10. The van der Waals surface area contributed by atoms with Gasteiger partial charge in [-0.25, -0.2) is 0 Å². The van der Waals surface area contributed by atoms with Crippen LogP contribution in [0.5, 0.6) is 0 Å². The molecule has 0 aliphatic rings. The number of hydrogen-bond donors (Lipinski definition) is 3. The van der Waals surface area contributed by atoms with Crippen LogP contribution in [0, 0.1) is 0 Å². The van der Waals surface area contributed by atoms with Gasteiger partial charge in [-0.1, -0.05) is 30.3 Å². The molecule has 0 heterocycles. The number of thioether (sulfide) groups is 1. The Morgan fingerprint density at radius 2 is 1.88 bits per heavy atom. The van der Waals surface area contributed by atoms with Crippen molar-refractivity contribution in [2.75, 3.05) is 24.7 Å². The number of anilines is 1. The Labute approximate surface area is 153 Å². The Morgan fingerprint density at radius 3 is 2.60 bits per heavy atom. The van der Waals surface area contributed by atoms with Crippen molar-refractivity contribution >= 4 is 29.3 Å². The quantitative estimate of drug-likeness (QED) is 0.309. The molecule has 0 atom stereocenters. The lowest BCUT2D eigenvalue weighted by Crippen LogP contribution is -2.37. The molecule has 2 aromatic carbocycles. The molecule has 0 aliphatic carbocycles. The highest BCUT2D eigenvalue weighted by Crippen LogP contribution is 2.15. The molecule has 1 amide bonds. The van der Waals surface area contributed by atoms with Crippen LogP contribution in [-0.4, -0.2) is 31.2 Å². The minimum Gasteiger partial charge on any atom is -0.356 e. The molecule has 6 heteroatoms. The van der Waals surface area contributed by atoms with Crippen molar-refractivity contribution in [3.05, 3.63) is 60.2 Å². The van der Waals surface area contributed by atoms with E-state index in [0.29, 0.717) is 6.54 Å². The SMILES string of the molecule is CN=C(NCCSc1ccccc1)NCc1cccc(NC(C)=O)c1. The second-order valence-corrected chi connectivity index (χ2v) is 6.56. The molecule has 132 valence electrons. The largest absolute Gasteiger partial charge is 0.356 e. The van der Waals surface area contributed by atoms with Gasteiger partial charge in [-0.15, -0.1) is 11.8 Å². The Bertz CT molecular complexity index is 704. The zero-order valence-electron chi connectivity index (χ0n) is 14.6. The van der Waals surface area contributed by atoms with Gasteiger partial charge in [-0.05, 0) is 29.8 Å². The normalized spacial score (nSPS) is 11.0. The first-order valence-corrected chi connectivity index (χ1v) is 9.15. The third-order valence-corrected chi connectivity index (χ3v) is 4.35. The maximum Gasteiger partial charge on any atom is 0.221 e. The molecular formula is C19H24N4OS. The summed E-state index contributed by atoms with van der Waals surface area (Å²) >= 11 is 1.81. The van der Waals surface area contributed by atoms with Crippen molar-refractivity contribution in [3.63, 3.8) is 0 Å². The van der Waals surface area contributed by atoms with E-state index >= 15 is 0 Å². The van der Waals surface area contributed by atoms with Gasteiger partial charge in [0.15, 0.2) is 5.96 Å². The fraction of sp³-hybridized carbons (Fsp3) is 0.263. The summed E-state index contributed by atoms with van der Waals surface area (Å²) in [4.78, 5) is 16.6. The highest BCUT2D eigenvalue weighted by atomic mass is 32.2. The first-order valence-electron chi connectivity index (χ1n) is 8.16. The molecule has 0 radical (unpaired) electrons. The molecule has 2 rings (SSSR count). The van der Waals surface area contributed by atoms with E-state index in [9.17, 15) is 4.79 Å². The fourth-order valence-electron chi connectivity index (χ4n) is 2.22. The second kappa shape index (κ2) is 10.4. The summed E-state index contributed by atoms with van der Waals surface area (Å²) in [6.45, 7) is 2.97. The Balaban J connectivity index is 1.74. The van der Waals surface area contributed by atoms with Crippen LogP contribution < -0.4 is 16.0 Å². The molecule has 0 unspecified atom stereocenters. The molecular weight excluding hydrogens is 332 g/mol. The van der Waals surface area contributed by atoms with Crippen molar-refractivity contribution in [3.8, 4) is 0 Å². The standard InChI is InChI=1S/C19H24N4OS/c1-15(24)23-17-8-6-7-16(13-17)14-22-19(20-2)21-11-12-25-18-9-4-3-5-10-18/h3-10,13H,11-12,14H2,1-2H3,(H,23,24)(H2,20,21,22). The molecule has 2 aromatic rings. The summed E-state index contributed by atoms with van der Waals surface area (Å²) in [6.07, 6.45) is 0. The van der Waals surface area contributed by atoms with Crippen LogP contribution in [0.15, 0.2) is 64.5 Å². The number of carbonyl (C=O) groups is 1. The lowest BCUT2D eigenvalue weighted by molar-refractivity contribution is -0.114. The fourth-order valence-corrected chi connectivity index (χ4v) is 3.01. The van der Waals surface area contributed by atoms with Crippen LogP contribution in [0.25, 0.3) is 0 Å². The zero-order chi connectivity index (χ0) is 17.9. The van der Waals surface area contributed by atoms with Crippen molar-refractivity contribution in [2.45, 2.75) is 18.4 Å². The number of carbonyl (C=O) groups excluding carboxylic acids is 1. The van der Waals surface area contributed by atoms with E-state index < -0.39 is 0 Å². The monoisotopic (exact) mass is 356 g/mol. The van der Waals surface area contributed by atoms with Gasteiger partial charge in [0, 0.05) is 43.4 Å². The highest BCUT2D eigenvalue weighted by molar-refractivity contribution is 7.99. The summed E-state index contributed by atoms with van der Waals surface area (Å²) < 4.78 is 0. The average molecular weight is 356 g/mol. The number of guanidine groups is 1. The third-order valence-electron chi connectivity index (χ3n) is 3.34. The van der Waals surface area contributed by atoms with E-state index in [4.69, 9.17) is 0 Å². The van der Waals surface area contributed by atoms with Crippen LogP contribution in [0.1, 0.15) is 12.5 Å².